The molecular formula is C40H44N6O8. The molecule has 0 saturated carbocycles. The van der Waals surface area contributed by atoms with E-state index in [1.807, 2.05) is 24.4 Å². The molecule has 14 heteroatoms. The molecule has 0 bridgehead atoms. The molecule has 4 aromatic rings. The number of esters is 1. The van der Waals surface area contributed by atoms with Crippen molar-refractivity contribution in [3.63, 3.8) is 0 Å². The number of nitrogens with two attached hydrogens (primary N) is 2. The van der Waals surface area contributed by atoms with Gasteiger partial charge in [0, 0.05) is 48.2 Å². The Bertz CT molecular complexity index is 2370. The first kappa shape index (κ1) is 34.2. The van der Waals surface area contributed by atoms with E-state index < -0.39 is 46.8 Å². The number of nitrogens with one attached hydrogen (secondary N) is 3. The lowest BCUT2D eigenvalue weighted by molar-refractivity contribution is -0.179. The summed E-state index contributed by atoms with van der Waals surface area (Å²) in [5.41, 5.74) is 13.4. The number of aryl methyl sites for hydroxylation is 1. The zero-order valence-electron chi connectivity index (χ0n) is 30.2. The summed E-state index contributed by atoms with van der Waals surface area (Å²) in [6, 6.07) is 4.65. The predicted molar refractivity (Wildman–Crippen MR) is 199 cm³/mol. The van der Waals surface area contributed by atoms with Crippen LogP contribution in [0.4, 0.5) is 0 Å². The molecule has 5 aliphatic rings. The van der Waals surface area contributed by atoms with Crippen LogP contribution in [-0.4, -0.2) is 67.3 Å². The van der Waals surface area contributed by atoms with Crippen molar-refractivity contribution in [2.75, 3.05) is 0 Å². The number of carbonyl (C=O) groups is 1. The molecule has 282 valence electrons. The predicted octanol–water partition coefficient (Wildman–Crippen LogP) is 3.43. The van der Waals surface area contributed by atoms with Crippen LogP contribution in [0.3, 0.4) is 0 Å². The van der Waals surface area contributed by atoms with E-state index in [9.17, 15) is 19.8 Å². The van der Waals surface area contributed by atoms with Crippen LogP contribution >= 0.6 is 0 Å². The van der Waals surface area contributed by atoms with Gasteiger partial charge in [-0.25, -0.2) is 4.79 Å². The van der Waals surface area contributed by atoms with Gasteiger partial charge in [-0.1, -0.05) is 12.2 Å². The summed E-state index contributed by atoms with van der Waals surface area (Å²) >= 11 is 0. The number of H-pyrrole nitrogens is 1. The number of aromatic nitrogens is 2. The zero-order chi connectivity index (χ0) is 37.7. The molecule has 8 heterocycles. The third-order valence-corrected chi connectivity index (χ3v) is 11.4. The number of epoxide rings is 1. The third-order valence-electron chi connectivity index (χ3n) is 11.4. The number of nitrogens with zero attached hydrogens (tertiary/aromatic N) is 1. The maximum absolute atomic E-state index is 14.0. The minimum Gasteiger partial charge on any atom is -0.507 e. The average Bonchev–Trinajstić information content (AvgIpc) is 3.43. The molecule has 2 fully saturated rings. The summed E-state index contributed by atoms with van der Waals surface area (Å²) in [6.45, 7) is 5.87. The summed E-state index contributed by atoms with van der Waals surface area (Å²) in [6.07, 6.45) is 13.2. The lowest BCUT2D eigenvalue weighted by atomic mass is 9.74. The van der Waals surface area contributed by atoms with Crippen LogP contribution in [0.15, 0.2) is 93.1 Å². The second-order valence-corrected chi connectivity index (χ2v) is 15.7. The summed E-state index contributed by atoms with van der Waals surface area (Å²) in [5.74, 6) is -0.000307. The number of benzene rings is 1. The first-order valence-corrected chi connectivity index (χ1v) is 18.4. The van der Waals surface area contributed by atoms with Crippen LogP contribution in [-0.2, 0) is 20.8 Å². The normalized spacial score (nSPS) is 30.0. The lowest BCUT2D eigenvalue weighted by Gasteiger charge is -2.47. The third kappa shape index (κ3) is 5.71. The number of dihydropyridines is 2. The summed E-state index contributed by atoms with van der Waals surface area (Å²) in [5, 5.41) is 31.0. The van der Waals surface area contributed by atoms with Gasteiger partial charge in [0.25, 0.3) is 0 Å². The monoisotopic (exact) mass is 736 g/mol. The molecule has 9 N–H and O–H groups in total. The summed E-state index contributed by atoms with van der Waals surface area (Å²) in [4.78, 5) is 30.2. The van der Waals surface area contributed by atoms with E-state index in [4.69, 9.17) is 30.1 Å². The molecule has 2 saturated heterocycles. The average molecular weight is 737 g/mol. The second kappa shape index (κ2) is 12.2. The van der Waals surface area contributed by atoms with E-state index in [-0.39, 0.29) is 53.0 Å². The van der Waals surface area contributed by atoms with Crippen molar-refractivity contribution in [2.45, 2.75) is 101 Å². The van der Waals surface area contributed by atoms with Gasteiger partial charge in [-0.3, -0.25) is 4.79 Å². The Morgan fingerprint density at radius 1 is 1.07 bits per heavy atom. The number of phenolic OH excluding ortho intramolecular Hbond substituents is 1. The van der Waals surface area contributed by atoms with Crippen molar-refractivity contribution < 1.29 is 33.6 Å². The number of aliphatic hydroxyl groups excluding tert-OH is 1. The first-order chi connectivity index (χ1) is 25.8. The molecule has 3 aromatic heterocycles. The molecule has 0 aliphatic carbocycles. The number of aromatic amines is 1. The number of phenols is 1. The molecule has 5 aliphatic heterocycles. The molecule has 0 radical (unpaired) electrons. The fourth-order valence-corrected chi connectivity index (χ4v) is 8.87. The van der Waals surface area contributed by atoms with Gasteiger partial charge in [0.15, 0.2) is 17.1 Å². The quantitative estimate of drug-likeness (QED) is 0.112. The molecular weight excluding hydrogens is 692 g/mol. The molecule has 1 spiro atoms. The Morgan fingerprint density at radius 3 is 2.70 bits per heavy atom. The Labute approximate surface area is 310 Å². The maximum atomic E-state index is 14.0. The number of carbonyl (C=O) groups excluding carboxylic acids is 1. The van der Waals surface area contributed by atoms with Gasteiger partial charge in [-0.05, 0) is 75.8 Å². The Morgan fingerprint density at radius 2 is 1.89 bits per heavy atom. The highest BCUT2D eigenvalue weighted by Gasteiger charge is 2.66. The number of aromatic hydroxyl groups is 1. The summed E-state index contributed by atoms with van der Waals surface area (Å²) in [7, 11) is 0. The highest BCUT2D eigenvalue weighted by molar-refractivity contribution is 5.88. The molecule has 7 unspecified atom stereocenters. The fraction of sp³-hybridized carbons (Fsp3) is 0.400. The van der Waals surface area contributed by atoms with Crippen LogP contribution in [0.5, 0.6) is 11.5 Å². The topological polar surface area (TPSA) is 216 Å². The molecule has 9 rings (SSSR count). The minimum absolute atomic E-state index is 0.0146. The largest absolute Gasteiger partial charge is 0.507 e. The van der Waals surface area contributed by atoms with Gasteiger partial charge < -0.3 is 60.5 Å². The van der Waals surface area contributed by atoms with E-state index in [0.717, 1.165) is 22.0 Å². The van der Waals surface area contributed by atoms with Crippen LogP contribution in [0.1, 0.15) is 56.8 Å². The van der Waals surface area contributed by atoms with Gasteiger partial charge in [-0.15, -0.1) is 0 Å². The molecule has 0 amide bonds. The Hall–Kier alpha value is -5.60. The SMILES string of the molecule is Cc1cc(=O)c2c(O)c3c(cc2o1)OC(C)(C)C1OC(=O)C2(CCC(O)C31)OC2CCC1=CC(C2=CC(Cn3cc4cc[nH]c4c3)NC(N)=C2)NC(N)=C1. The van der Waals surface area contributed by atoms with Crippen molar-refractivity contribution in [3.8, 4) is 11.5 Å². The van der Waals surface area contributed by atoms with E-state index in [1.54, 1.807) is 26.8 Å². The maximum Gasteiger partial charge on any atom is 0.341 e. The number of fused-ring (bicyclic) bond motifs is 5. The van der Waals surface area contributed by atoms with Crippen LogP contribution in [0, 0.1) is 6.92 Å². The second-order valence-electron chi connectivity index (χ2n) is 15.7. The van der Waals surface area contributed by atoms with Crippen molar-refractivity contribution >= 4 is 27.8 Å². The van der Waals surface area contributed by atoms with Crippen LogP contribution in [0.25, 0.3) is 21.9 Å². The molecule has 1 aromatic carbocycles. The number of ether oxygens (including phenoxy) is 3. The lowest BCUT2D eigenvalue weighted by Crippen LogP contribution is -2.56. The Balaban J connectivity index is 0.911. The van der Waals surface area contributed by atoms with E-state index in [2.05, 4.69) is 44.7 Å². The fourth-order valence-electron chi connectivity index (χ4n) is 8.87. The van der Waals surface area contributed by atoms with Crippen molar-refractivity contribution in [3.05, 3.63) is 105 Å². The van der Waals surface area contributed by atoms with Gasteiger partial charge in [0.05, 0.1) is 47.4 Å². The molecule has 7 atom stereocenters. The van der Waals surface area contributed by atoms with Crippen molar-refractivity contribution in [1.82, 2.24) is 20.2 Å². The highest BCUT2D eigenvalue weighted by Crippen LogP contribution is 2.54. The van der Waals surface area contributed by atoms with Gasteiger partial charge in [0.2, 0.25) is 0 Å². The number of hydrogen-bond acceptors (Lipinski definition) is 12. The van der Waals surface area contributed by atoms with Crippen molar-refractivity contribution in [1.29, 1.82) is 0 Å². The van der Waals surface area contributed by atoms with Gasteiger partial charge in [-0.2, -0.15) is 0 Å². The van der Waals surface area contributed by atoms with E-state index >= 15 is 0 Å². The molecule has 14 nitrogen and oxygen atoms in total. The minimum atomic E-state index is -1.22. The highest BCUT2D eigenvalue weighted by atomic mass is 16.7. The van der Waals surface area contributed by atoms with E-state index in [0.29, 0.717) is 36.8 Å². The number of aliphatic hydroxyl groups is 1. The Kier molecular flexibility index (Phi) is 7.73. The number of rotatable bonds is 6. The standard InChI is InChI=1S/C40H44N6O8/c1-19-10-27(48)33-28(51-19)15-29-35(36(33)49)34-26(47)6-8-40(38(50)52-37(34)39(2,3)53-29)30(54-40)5-4-20-11-24(45-31(41)12-20)22-13-23(44-32(42)14-22)17-46-16-21-7-9-43-25(21)18-46/h7,9-16,18,23-24,26,30,34,37,43-45,47,49H,4-6,8,17,41-42H2,1-3H3. The zero-order valence-corrected chi connectivity index (χ0v) is 30.2. The smallest absolute Gasteiger partial charge is 0.341 e. The van der Waals surface area contributed by atoms with Gasteiger partial charge in [0.1, 0.15) is 33.8 Å². The van der Waals surface area contributed by atoms with Crippen LogP contribution in [0.2, 0.25) is 0 Å². The number of hydrogen-bond donors (Lipinski definition) is 7. The van der Waals surface area contributed by atoms with Crippen LogP contribution < -0.4 is 32.3 Å². The van der Waals surface area contributed by atoms with E-state index in [1.165, 1.54) is 6.07 Å². The van der Waals surface area contributed by atoms with Gasteiger partial charge >= 0.3 is 5.97 Å². The first-order valence-electron chi connectivity index (χ1n) is 18.4. The number of allylic oxidation sites excluding steroid dienone is 2. The van der Waals surface area contributed by atoms with Crippen molar-refractivity contribution in [2.24, 2.45) is 11.5 Å². The summed E-state index contributed by atoms with van der Waals surface area (Å²) < 4.78 is 26.5. The molecule has 54 heavy (non-hydrogen) atoms.